The number of fused-ring (bicyclic) bond motifs is 1. The molecule has 0 spiro atoms. The van der Waals surface area contributed by atoms with E-state index in [4.69, 9.17) is 0 Å². The van der Waals surface area contributed by atoms with E-state index in [2.05, 4.69) is 23.1 Å². The van der Waals surface area contributed by atoms with Crippen LogP contribution in [-0.2, 0) is 17.8 Å². The summed E-state index contributed by atoms with van der Waals surface area (Å²) in [6.45, 7) is 5.68. The summed E-state index contributed by atoms with van der Waals surface area (Å²) in [6.07, 6.45) is 6.35. The molecule has 0 radical (unpaired) electrons. The van der Waals surface area contributed by atoms with Gasteiger partial charge in [-0.1, -0.05) is 6.07 Å². The minimum Gasteiger partial charge on any atom is -0.338 e. The summed E-state index contributed by atoms with van der Waals surface area (Å²) in [7, 11) is 0. The molecule has 0 aliphatic carbocycles. The minimum atomic E-state index is 0.160. The minimum absolute atomic E-state index is 0.160. The maximum absolute atomic E-state index is 12.8. The summed E-state index contributed by atoms with van der Waals surface area (Å²) < 4.78 is 3.98. The first-order valence-electron chi connectivity index (χ1n) is 8.83. The van der Waals surface area contributed by atoms with E-state index in [1.54, 1.807) is 0 Å². The molecular weight excluding hydrogens is 314 g/mol. The lowest BCUT2D eigenvalue weighted by atomic mass is 10.2. The van der Waals surface area contributed by atoms with Crippen molar-refractivity contribution in [2.24, 2.45) is 0 Å². The molecule has 3 aromatic rings. The van der Waals surface area contributed by atoms with Crippen LogP contribution in [0.25, 0.3) is 5.65 Å². The van der Waals surface area contributed by atoms with Crippen LogP contribution in [-0.4, -0.2) is 42.6 Å². The van der Waals surface area contributed by atoms with Crippen molar-refractivity contribution in [2.45, 2.75) is 45.7 Å². The Bertz CT molecular complexity index is 877. The number of amides is 1. The van der Waals surface area contributed by atoms with Crippen molar-refractivity contribution >= 4 is 11.6 Å². The first-order chi connectivity index (χ1) is 12.1. The molecule has 1 fully saturated rings. The molecule has 0 aromatic carbocycles. The SMILES string of the molecule is Cc1cc(C)n(C[C@H]2CCCN2C(=O)Cc2cn3ccccc3n2)n1. The number of hydrogen-bond donors (Lipinski definition) is 0. The zero-order valence-corrected chi connectivity index (χ0v) is 14.7. The normalized spacial score (nSPS) is 17.5. The third-order valence-corrected chi connectivity index (χ3v) is 4.93. The van der Waals surface area contributed by atoms with Crippen LogP contribution in [0.4, 0.5) is 0 Å². The molecule has 3 aromatic heterocycles. The van der Waals surface area contributed by atoms with Gasteiger partial charge in [0.1, 0.15) is 5.65 Å². The predicted molar refractivity (Wildman–Crippen MR) is 95.3 cm³/mol. The first-order valence-corrected chi connectivity index (χ1v) is 8.83. The van der Waals surface area contributed by atoms with E-state index in [0.29, 0.717) is 6.42 Å². The van der Waals surface area contributed by atoms with Gasteiger partial charge < -0.3 is 9.30 Å². The van der Waals surface area contributed by atoms with Crippen LogP contribution in [0.1, 0.15) is 29.9 Å². The van der Waals surface area contributed by atoms with E-state index in [-0.39, 0.29) is 11.9 Å². The Labute approximate surface area is 147 Å². The lowest BCUT2D eigenvalue weighted by Crippen LogP contribution is -2.39. The van der Waals surface area contributed by atoms with Crippen molar-refractivity contribution in [1.82, 2.24) is 24.1 Å². The van der Waals surface area contributed by atoms with Gasteiger partial charge in [-0.3, -0.25) is 9.48 Å². The molecule has 0 saturated carbocycles. The number of nitrogens with zero attached hydrogens (tertiary/aromatic N) is 5. The molecule has 1 aliphatic rings. The van der Waals surface area contributed by atoms with Crippen molar-refractivity contribution in [1.29, 1.82) is 0 Å². The van der Waals surface area contributed by atoms with Gasteiger partial charge in [0.15, 0.2) is 0 Å². The Kier molecular flexibility index (Phi) is 4.03. The number of aryl methyl sites for hydroxylation is 2. The van der Waals surface area contributed by atoms with Gasteiger partial charge in [-0.05, 0) is 44.9 Å². The van der Waals surface area contributed by atoms with E-state index in [1.165, 1.54) is 0 Å². The topological polar surface area (TPSA) is 55.4 Å². The number of hydrogen-bond acceptors (Lipinski definition) is 3. The summed E-state index contributed by atoms with van der Waals surface area (Å²) in [4.78, 5) is 19.4. The van der Waals surface area contributed by atoms with Crippen molar-refractivity contribution in [3.63, 3.8) is 0 Å². The molecule has 6 heteroatoms. The number of carbonyl (C=O) groups is 1. The van der Waals surface area contributed by atoms with Gasteiger partial charge in [-0.25, -0.2) is 4.98 Å². The number of pyridine rings is 1. The lowest BCUT2D eigenvalue weighted by Gasteiger charge is -2.25. The second-order valence-electron chi connectivity index (χ2n) is 6.87. The highest BCUT2D eigenvalue weighted by atomic mass is 16.2. The molecule has 6 nitrogen and oxygen atoms in total. The fraction of sp³-hybridized carbons (Fsp3) is 0.421. The smallest absolute Gasteiger partial charge is 0.228 e. The van der Waals surface area contributed by atoms with Crippen LogP contribution in [0.5, 0.6) is 0 Å². The quantitative estimate of drug-likeness (QED) is 0.734. The van der Waals surface area contributed by atoms with Crippen molar-refractivity contribution in [2.75, 3.05) is 6.54 Å². The highest BCUT2D eigenvalue weighted by molar-refractivity contribution is 5.79. The Balaban J connectivity index is 1.47. The Morgan fingerprint density at radius 3 is 2.96 bits per heavy atom. The first kappa shape index (κ1) is 15.9. The van der Waals surface area contributed by atoms with Crippen LogP contribution in [0.15, 0.2) is 36.7 Å². The van der Waals surface area contributed by atoms with Crippen LogP contribution in [0.2, 0.25) is 0 Å². The van der Waals surface area contributed by atoms with Crippen molar-refractivity contribution < 1.29 is 4.79 Å². The summed E-state index contributed by atoms with van der Waals surface area (Å²) in [6, 6.07) is 8.18. The van der Waals surface area contributed by atoms with E-state index in [9.17, 15) is 4.79 Å². The maximum Gasteiger partial charge on any atom is 0.228 e. The number of imidazole rings is 1. The fourth-order valence-corrected chi connectivity index (χ4v) is 3.74. The van der Waals surface area contributed by atoms with Gasteiger partial charge in [0.05, 0.1) is 30.4 Å². The van der Waals surface area contributed by atoms with Crippen LogP contribution in [0, 0.1) is 13.8 Å². The molecule has 4 rings (SSSR count). The van der Waals surface area contributed by atoms with Gasteiger partial charge >= 0.3 is 0 Å². The number of carbonyl (C=O) groups excluding carboxylic acids is 1. The Hall–Kier alpha value is -2.63. The molecule has 0 unspecified atom stereocenters. The standard InChI is InChI=1S/C19H23N5O/c1-14-10-15(2)24(21-14)13-17-6-5-9-23(17)19(25)11-16-12-22-8-4-3-7-18(22)20-16/h3-4,7-8,10,12,17H,5-6,9,11,13H2,1-2H3/t17-/m1/s1. The third-order valence-electron chi connectivity index (χ3n) is 4.93. The maximum atomic E-state index is 12.8. The van der Waals surface area contributed by atoms with Crippen LogP contribution >= 0.6 is 0 Å². The number of rotatable bonds is 4. The number of likely N-dealkylation sites (tertiary alicyclic amines) is 1. The highest BCUT2D eigenvalue weighted by Crippen LogP contribution is 2.21. The highest BCUT2D eigenvalue weighted by Gasteiger charge is 2.29. The zero-order valence-electron chi connectivity index (χ0n) is 14.7. The fourth-order valence-electron chi connectivity index (χ4n) is 3.74. The van der Waals surface area contributed by atoms with Gasteiger partial charge in [0.25, 0.3) is 0 Å². The summed E-state index contributed by atoms with van der Waals surface area (Å²) >= 11 is 0. The van der Waals surface area contributed by atoms with E-state index in [0.717, 1.165) is 48.7 Å². The number of aromatic nitrogens is 4. The molecule has 1 amide bonds. The molecule has 1 aliphatic heterocycles. The van der Waals surface area contributed by atoms with Gasteiger partial charge in [0.2, 0.25) is 5.91 Å². The average molecular weight is 337 g/mol. The molecule has 1 atom stereocenters. The van der Waals surface area contributed by atoms with Crippen LogP contribution in [0.3, 0.4) is 0 Å². The molecule has 0 N–H and O–H groups in total. The van der Waals surface area contributed by atoms with Gasteiger partial charge in [-0.2, -0.15) is 5.10 Å². The van der Waals surface area contributed by atoms with Crippen molar-refractivity contribution in [3.8, 4) is 0 Å². The predicted octanol–water partition coefficient (Wildman–Crippen LogP) is 2.38. The monoisotopic (exact) mass is 337 g/mol. The molecule has 1 saturated heterocycles. The Morgan fingerprint density at radius 1 is 1.32 bits per heavy atom. The summed E-state index contributed by atoms with van der Waals surface area (Å²) in [5.74, 6) is 0.160. The largest absolute Gasteiger partial charge is 0.338 e. The molecular formula is C19H23N5O. The molecule has 4 heterocycles. The summed E-state index contributed by atoms with van der Waals surface area (Å²) in [5, 5.41) is 4.54. The third kappa shape index (κ3) is 3.16. The van der Waals surface area contributed by atoms with E-state index < -0.39 is 0 Å². The Morgan fingerprint density at radius 2 is 2.20 bits per heavy atom. The molecule has 130 valence electrons. The second-order valence-corrected chi connectivity index (χ2v) is 6.87. The van der Waals surface area contributed by atoms with Gasteiger partial charge in [-0.15, -0.1) is 0 Å². The summed E-state index contributed by atoms with van der Waals surface area (Å²) in [5.41, 5.74) is 3.88. The van der Waals surface area contributed by atoms with Crippen molar-refractivity contribution in [3.05, 3.63) is 53.7 Å². The van der Waals surface area contributed by atoms with E-state index in [1.807, 2.05) is 51.5 Å². The van der Waals surface area contributed by atoms with Gasteiger partial charge in [0, 0.05) is 24.6 Å². The van der Waals surface area contributed by atoms with Crippen LogP contribution < -0.4 is 0 Å². The van der Waals surface area contributed by atoms with E-state index >= 15 is 0 Å². The zero-order chi connectivity index (χ0) is 17.4. The molecule has 25 heavy (non-hydrogen) atoms. The second kappa shape index (κ2) is 6.35. The molecule has 0 bridgehead atoms. The average Bonchev–Trinajstić information content (AvgIpc) is 3.26. The lowest BCUT2D eigenvalue weighted by molar-refractivity contribution is -0.131.